The van der Waals surface area contributed by atoms with E-state index < -0.39 is 30.3 Å². The van der Waals surface area contributed by atoms with Crippen molar-refractivity contribution in [2.75, 3.05) is 0 Å². The van der Waals surface area contributed by atoms with Gasteiger partial charge in [0.1, 0.15) is 5.38 Å². The van der Waals surface area contributed by atoms with Gasteiger partial charge in [0.2, 0.25) is 0 Å². The molecule has 2 atom stereocenters. The third kappa shape index (κ3) is 4.54. The first-order valence-corrected chi connectivity index (χ1v) is 3.40. The van der Waals surface area contributed by atoms with E-state index >= 15 is 0 Å². The predicted octanol–water partition coefficient (Wildman–Crippen LogP) is 3.45. The van der Waals surface area contributed by atoms with Gasteiger partial charge in [-0.15, -0.1) is 11.6 Å². The Labute approximate surface area is 73.7 Å². The zero-order chi connectivity index (χ0) is 10.9. The number of hydrogen-bond acceptors (Lipinski definition) is 0. The molecular formula is C5H4ClF7. The van der Waals surface area contributed by atoms with E-state index in [2.05, 4.69) is 11.6 Å². The van der Waals surface area contributed by atoms with Gasteiger partial charge in [-0.1, -0.05) is 0 Å². The summed E-state index contributed by atoms with van der Waals surface area (Å²) in [7, 11) is 0. The van der Waals surface area contributed by atoms with Crippen molar-refractivity contribution >= 4 is 11.6 Å². The third-order valence-electron chi connectivity index (χ3n) is 1.12. The lowest BCUT2D eigenvalue weighted by Crippen LogP contribution is -2.33. The maximum atomic E-state index is 12.0. The SMILES string of the molecule is FC(CC(Cl)C(F)(F)F)C(F)(F)F. The molecule has 0 nitrogen and oxygen atoms in total. The lowest BCUT2D eigenvalue weighted by molar-refractivity contribution is -0.192. The van der Waals surface area contributed by atoms with Gasteiger partial charge in [-0.25, -0.2) is 4.39 Å². The molecular weight excluding hydrogens is 228 g/mol. The molecule has 2 unspecified atom stereocenters. The van der Waals surface area contributed by atoms with Crippen LogP contribution in [0.4, 0.5) is 30.7 Å². The van der Waals surface area contributed by atoms with Crippen LogP contribution in [0.5, 0.6) is 0 Å². The zero-order valence-electron chi connectivity index (χ0n) is 5.89. The molecule has 0 aliphatic carbocycles. The highest BCUT2D eigenvalue weighted by molar-refractivity contribution is 6.21. The van der Waals surface area contributed by atoms with Crippen molar-refractivity contribution < 1.29 is 30.7 Å². The van der Waals surface area contributed by atoms with Crippen molar-refractivity contribution in [2.45, 2.75) is 30.3 Å². The summed E-state index contributed by atoms with van der Waals surface area (Å²) in [6, 6.07) is 0. The first kappa shape index (κ1) is 12.8. The van der Waals surface area contributed by atoms with E-state index in [9.17, 15) is 30.7 Å². The second-order valence-corrected chi connectivity index (χ2v) is 2.78. The molecule has 0 aliphatic rings. The van der Waals surface area contributed by atoms with Gasteiger partial charge in [-0.2, -0.15) is 26.3 Å². The van der Waals surface area contributed by atoms with Gasteiger partial charge in [0.15, 0.2) is 6.17 Å². The first-order chi connectivity index (χ1) is 5.55. The van der Waals surface area contributed by atoms with Crippen LogP contribution in [0.1, 0.15) is 6.42 Å². The van der Waals surface area contributed by atoms with E-state index in [0.29, 0.717) is 0 Å². The van der Waals surface area contributed by atoms with E-state index in [4.69, 9.17) is 0 Å². The molecule has 0 fully saturated rings. The van der Waals surface area contributed by atoms with Crippen LogP contribution in [0, 0.1) is 0 Å². The average Bonchev–Trinajstić information content (AvgIpc) is 1.82. The van der Waals surface area contributed by atoms with Crippen molar-refractivity contribution in [3.63, 3.8) is 0 Å². The van der Waals surface area contributed by atoms with E-state index in [1.165, 1.54) is 0 Å². The molecule has 0 aliphatic heterocycles. The first-order valence-electron chi connectivity index (χ1n) is 2.96. The lowest BCUT2D eigenvalue weighted by atomic mass is 10.2. The maximum Gasteiger partial charge on any atom is 0.419 e. The van der Waals surface area contributed by atoms with Gasteiger partial charge in [-0.3, -0.25) is 0 Å². The fourth-order valence-electron chi connectivity index (χ4n) is 0.449. The van der Waals surface area contributed by atoms with Crippen LogP contribution in [-0.4, -0.2) is 23.9 Å². The Morgan fingerprint density at radius 2 is 1.31 bits per heavy atom. The largest absolute Gasteiger partial charge is 0.419 e. The minimum atomic E-state index is -5.29. The molecule has 0 saturated heterocycles. The van der Waals surface area contributed by atoms with Crippen LogP contribution in [-0.2, 0) is 0 Å². The summed E-state index contributed by atoms with van der Waals surface area (Å²) in [4.78, 5) is 0. The van der Waals surface area contributed by atoms with E-state index in [-0.39, 0.29) is 0 Å². The van der Waals surface area contributed by atoms with E-state index in [0.717, 1.165) is 0 Å². The minimum absolute atomic E-state index is 1.81. The number of halogens is 8. The predicted molar refractivity (Wildman–Crippen MR) is 31.3 cm³/mol. The Hall–Kier alpha value is -0.200. The van der Waals surface area contributed by atoms with Gasteiger partial charge in [0.25, 0.3) is 0 Å². The van der Waals surface area contributed by atoms with Crippen LogP contribution < -0.4 is 0 Å². The summed E-state index contributed by atoms with van der Waals surface area (Å²) in [5.41, 5.74) is 0. The van der Waals surface area contributed by atoms with Crippen molar-refractivity contribution in [1.82, 2.24) is 0 Å². The van der Waals surface area contributed by atoms with Crippen molar-refractivity contribution in [3.05, 3.63) is 0 Å². The van der Waals surface area contributed by atoms with Crippen LogP contribution in [0.15, 0.2) is 0 Å². The molecule has 13 heavy (non-hydrogen) atoms. The highest BCUT2D eigenvalue weighted by Crippen LogP contribution is 2.33. The Bertz CT molecular complexity index is 141. The fraction of sp³-hybridized carbons (Fsp3) is 1.00. The topological polar surface area (TPSA) is 0 Å². The molecule has 80 valence electrons. The standard InChI is InChI=1S/C5H4ClF7/c6-2(4(8,9)10)1-3(7)5(11,12)13/h2-3H,1H2. The average molecular weight is 233 g/mol. The molecule has 0 saturated carbocycles. The Kier molecular flexibility index (Phi) is 3.83. The highest BCUT2D eigenvalue weighted by atomic mass is 35.5. The zero-order valence-corrected chi connectivity index (χ0v) is 6.64. The molecule has 0 radical (unpaired) electrons. The minimum Gasteiger partial charge on any atom is -0.237 e. The maximum absolute atomic E-state index is 12.0. The molecule has 0 aromatic carbocycles. The van der Waals surface area contributed by atoms with Gasteiger partial charge < -0.3 is 0 Å². The summed E-state index contributed by atoms with van der Waals surface area (Å²) >= 11 is 4.49. The van der Waals surface area contributed by atoms with E-state index in [1.807, 2.05) is 0 Å². The normalized spacial score (nSPS) is 18.5. The molecule has 8 heteroatoms. The van der Waals surface area contributed by atoms with Crippen LogP contribution >= 0.6 is 11.6 Å². The summed E-state index contributed by atoms with van der Waals surface area (Å²) < 4.78 is 80.8. The van der Waals surface area contributed by atoms with Gasteiger partial charge >= 0.3 is 12.4 Å². The Balaban J connectivity index is 4.15. The van der Waals surface area contributed by atoms with Crippen molar-refractivity contribution in [2.24, 2.45) is 0 Å². The molecule has 0 bridgehead atoms. The van der Waals surface area contributed by atoms with Gasteiger partial charge in [-0.05, 0) is 0 Å². The Morgan fingerprint density at radius 1 is 0.923 bits per heavy atom. The molecule has 0 spiro atoms. The lowest BCUT2D eigenvalue weighted by Gasteiger charge is -2.17. The molecule has 0 N–H and O–H groups in total. The second-order valence-electron chi connectivity index (χ2n) is 2.25. The van der Waals surface area contributed by atoms with Crippen LogP contribution in [0.3, 0.4) is 0 Å². The molecule has 0 rings (SSSR count). The third-order valence-corrected chi connectivity index (χ3v) is 1.55. The molecule has 0 aromatic heterocycles. The fourth-order valence-corrected chi connectivity index (χ4v) is 0.605. The van der Waals surface area contributed by atoms with E-state index in [1.54, 1.807) is 0 Å². The molecule has 0 heterocycles. The van der Waals surface area contributed by atoms with Crippen LogP contribution in [0.25, 0.3) is 0 Å². The number of alkyl halides is 8. The number of hydrogen-bond donors (Lipinski definition) is 0. The van der Waals surface area contributed by atoms with Gasteiger partial charge in [0, 0.05) is 6.42 Å². The monoisotopic (exact) mass is 232 g/mol. The van der Waals surface area contributed by atoms with Crippen molar-refractivity contribution in [3.8, 4) is 0 Å². The Morgan fingerprint density at radius 3 is 1.54 bits per heavy atom. The quantitative estimate of drug-likeness (QED) is 0.505. The summed E-state index contributed by atoms with van der Waals surface area (Å²) in [6.45, 7) is 0. The second kappa shape index (κ2) is 3.89. The molecule has 0 aromatic rings. The van der Waals surface area contributed by atoms with Gasteiger partial charge in [0.05, 0.1) is 0 Å². The summed E-state index contributed by atoms with van der Waals surface area (Å²) in [5, 5.41) is -2.82. The highest BCUT2D eigenvalue weighted by Gasteiger charge is 2.47. The molecule has 0 amide bonds. The summed E-state index contributed by atoms with van der Waals surface area (Å²) in [6.07, 6.45) is -15.7. The van der Waals surface area contributed by atoms with Crippen LogP contribution in [0.2, 0.25) is 0 Å². The number of rotatable bonds is 2. The summed E-state index contributed by atoms with van der Waals surface area (Å²) in [5.74, 6) is 0. The van der Waals surface area contributed by atoms with Crippen molar-refractivity contribution in [1.29, 1.82) is 0 Å². The smallest absolute Gasteiger partial charge is 0.237 e.